The van der Waals surface area contributed by atoms with Gasteiger partial charge in [-0.15, -0.1) is 0 Å². The standard InChI is InChI=1S/C13H24BrN3/c1-6-11-13(14)12(17(5)16-11)8-15-10(4)7-9(2)3/h9-10,15H,6-8H2,1-5H3. The largest absolute Gasteiger partial charge is 0.309 e. The normalized spacial score (nSPS) is 13.4. The fourth-order valence-electron chi connectivity index (χ4n) is 2.07. The van der Waals surface area contributed by atoms with Crippen LogP contribution >= 0.6 is 15.9 Å². The molecule has 0 saturated carbocycles. The lowest BCUT2D eigenvalue weighted by Gasteiger charge is -2.16. The van der Waals surface area contributed by atoms with Crippen LogP contribution in [-0.2, 0) is 20.0 Å². The number of nitrogens with one attached hydrogen (secondary N) is 1. The molecule has 0 saturated heterocycles. The van der Waals surface area contributed by atoms with E-state index in [0.717, 1.165) is 29.1 Å². The first-order chi connectivity index (χ1) is 7.95. The Morgan fingerprint density at radius 2 is 2.00 bits per heavy atom. The fraction of sp³-hybridized carbons (Fsp3) is 0.769. The number of aromatic nitrogens is 2. The summed E-state index contributed by atoms with van der Waals surface area (Å²) >= 11 is 3.64. The van der Waals surface area contributed by atoms with E-state index in [1.165, 1.54) is 12.1 Å². The first-order valence-electron chi connectivity index (χ1n) is 6.39. The Labute approximate surface area is 113 Å². The Kier molecular flexibility index (Phi) is 5.67. The lowest BCUT2D eigenvalue weighted by Crippen LogP contribution is -2.27. The van der Waals surface area contributed by atoms with Crippen molar-refractivity contribution in [3.63, 3.8) is 0 Å². The summed E-state index contributed by atoms with van der Waals surface area (Å²) in [5.74, 6) is 0.735. The maximum absolute atomic E-state index is 4.50. The molecule has 0 aliphatic rings. The molecule has 1 heterocycles. The van der Waals surface area contributed by atoms with E-state index >= 15 is 0 Å². The fourth-order valence-corrected chi connectivity index (χ4v) is 2.83. The van der Waals surface area contributed by atoms with Crippen molar-refractivity contribution in [1.82, 2.24) is 15.1 Å². The second-order valence-electron chi connectivity index (χ2n) is 5.10. The van der Waals surface area contributed by atoms with Gasteiger partial charge in [-0.25, -0.2) is 0 Å². The van der Waals surface area contributed by atoms with Crippen molar-refractivity contribution in [3.05, 3.63) is 15.9 Å². The second-order valence-corrected chi connectivity index (χ2v) is 5.89. The van der Waals surface area contributed by atoms with Crippen molar-refractivity contribution in [3.8, 4) is 0 Å². The highest BCUT2D eigenvalue weighted by Crippen LogP contribution is 2.21. The zero-order valence-electron chi connectivity index (χ0n) is 11.5. The summed E-state index contributed by atoms with van der Waals surface area (Å²) in [6.07, 6.45) is 2.17. The molecule has 0 bridgehead atoms. The maximum atomic E-state index is 4.50. The zero-order valence-corrected chi connectivity index (χ0v) is 13.1. The van der Waals surface area contributed by atoms with Crippen LogP contribution in [0.4, 0.5) is 0 Å². The van der Waals surface area contributed by atoms with Gasteiger partial charge in [0.2, 0.25) is 0 Å². The SMILES string of the molecule is CCc1nn(C)c(CNC(C)CC(C)C)c1Br. The Hall–Kier alpha value is -0.350. The van der Waals surface area contributed by atoms with Gasteiger partial charge in [0.15, 0.2) is 0 Å². The van der Waals surface area contributed by atoms with Gasteiger partial charge < -0.3 is 5.32 Å². The number of hydrogen-bond donors (Lipinski definition) is 1. The van der Waals surface area contributed by atoms with Gasteiger partial charge in [-0.1, -0.05) is 20.8 Å². The second kappa shape index (κ2) is 6.55. The third-order valence-electron chi connectivity index (χ3n) is 2.95. The van der Waals surface area contributed by atoms with Crippen molar-refractivity contribution in [2.24, 2.45) is 13.0 Å². The molecule has 0 spiro atoms. The van der Waals surface area contributed by atoms with Crippen LogP contribution in [0.1, 0.15) is 45.5 Å². The molecular weight excluding hydrogens is 278 g/mol. The monoisotopic (exact) mass is 301 g/mol. The number of rotatable bonds is 6. The molecule has 0 aromatic carbocycles. The molecule has 0 amide bonds. The summed E-state index contributed by atoms with van der Waals surface area (Å²) in [6.45, 7) is 9.76. The smallest absolute Gasteiger partial charge is 0.0767 e. The molecule has 1 atom stereocenters. The highest BCUT2D eigenvalue weighted by molar-refractivity contribution is 9.10. The van der Waals surface area contributed by atoms with Gasteiger partial charge in [0.05, 0.1) is 15.9 Å². The Morgan fingerprint density at radius 1 is 1.35 bits per heavy atom. The van der Waals surface area contributed by atoms with Gasteiger partial charge in [-0.05, 0) is 41.6 Å². The summed E-state index contributed by atoms with van der Waals surface area (Å²) in [4.78, 5) is 0. The molecule has 3 nitrogen and oxygen atoms in total. The van der Waals surface area contributed by atoms with Crippen LogP contribution in [0.2, 0.25) is 0 Å². The zero-order chi connectivity index (χ0) is 13.0. The molecule has 1 N–H and O–H groups in total. The van der Waals surface area contributed by atoms with Crippen LogP contribution in [0, 0.1) is 5.92 Å². The first-order valence-corrected chi connectivity index (χ1v) is 7.18. The van der Waals surface area contributed by atoms with E-state index in [2.05, 4.69) is 54.0 Å². The molecule has 0 radical (unpaired) electrons. The van der Waals surface area contributed by atoms with Crippen LogP contribution in [0.5, 0.6) is 0 Å². The van der Waals surface area contributed by atoms with Gasteiger partial charge in [0.25, 0.3) is 0 Å². The molecule has 4 heteroatoms. The van der Waals surface area contributed by atoms with Gasteiger partial charge >= 0.3 is 0 Å². The topological polar surface area (TPSA) is 29.9 Å². The molecule has 17 heavy (non-hydrogen) atoms. The summed E-state index contributed by atoms with van der Waals surface area (Å²) < 4.78 is 3.13. The summed E-state index contributed by atoms with van der Waals surface area (Å²) in [6, 6.07) is 0.543. The van der Waals surface area contributed by atoms with Crippen molar-refractivity contribution in [2.45, 2.75) is 53.1 Å². The highest BCUT2D eigenvalue weighted by Gasteiger charge is 2.13. The van der Waals surface area contributed by atoms with E-state index in [-0.39, 0.29) is 0 Å². The van der Waals surface area contributed by atoms with E-state index < -0.39 is 0 Å². The quantitative estimate of drug-likeness (QED) is 0.874. The number of nitrogens with zero attached hydrogens (tertiary/aromatic N) is 2. The van der Waals surface area contributed by atoms with Crippen LogP contribution in [0.15, 0.2) is 4.47 Å². The number of aryl methyl sites for hydroxylation is 2. The third-order valence-corrected chi connectivity index (χ3v) is 3.86. The van der Waals surface area contributed by atoms with Crippen LogP contribution in [0.3, 0.4) is 0 Å². The Morgan fingerprint density at radius 3 is 2.47 bits per heavy atom. The minimum Gasteiger partial charge on any atom is -0.309 e. The average Bonchev–Trinajstić information content (AvgIpc) is 2.50. The third kappa shape index (κ3) is 4.11. The van der Waals surface area contributed by atoms with E-state index in [4.69, 9.17) is 0 Å². The minimum atomic E-state index is 0.543. The average molecular weight is 302 g/mol. The van der Waals surface area contributed by atoms with Crippen molar-refractivity contribution in [2.75, 3.05) is 0 Å². The van der Waals surface area contributed by atoms with E-state index in [1.807, 2.05) is 11.7 Å². The molecule has 1 rings (SSSR count). The number of halogens is 1. The Bertz CT molecular complexity index is 358. The predicted molar refractivity (Wildman–Crippen MR) is 76.0 cm³/mol. The molecular formula is C13H24BrN3. The molecule has 1 aromatic rings. The van der Waals surface area contributed by atoms with Crippen molar-refractivity contribution < 1.29 is 0 Å². The van der Waals surface area contributed by atoms with Crippen molar-refractivity contribution in [1.29, 1.82) is 0 Å². The Balaban J connectivity index is 2.60. The van der Waals surface area contributed by atoms with Gasteiger partial charge in [-0.2, -0.15) is 5.10 Å². The lowest BCUT2D eigenvalue weighted by molar-refractivity contribution is 0.435. The van der Waals surface area contributed by atoms with Crippen molar-refractivity contribution >= 4 is 15.9 Å². The predicted octanol–water partition coefficient (Wildman–Crippen LogP) is 3.27. The van der Waals surface area contributed by atoms with Gasteiger partial charge in [0, 0.05) is 19.6 Å². The molecule has 0 aliphatic carbocycles. The molecule has 98 valence electrons. The summed E-state index contributed by atoms with van der Waals surface area (Å²) in [5.41, 5.74) is 2.37. The van der Waals surface area contributed by atoms with Crippen LogP contribution < -0.4 is 5.32 Å². The number of hydrogen-bond acceptors (Lipinski definition) is 2. The molecule has 1 unspecified atom stereocenters. The van der Waals surface area contributed by atoms with E-state index in [0.29, 0.717) is 6.04 Å². The van der Waals surface area contributed by atoms with Gasteiger partial charge in [-0.3, -0.25) is 4.68 Å². The highest BCUT2D eigenvalue weighted by atomic mass is 79.9. The van der Waals surface area contributed by atoms with E-state index in [9.17, 15) is 0 Å². The lowest BCUT2D eigenvalue weighted by atomic mass is 10.1. The van der Waals surface area contributed by atoms with Crippen LogP contribution in [-0.4, -0.2) is 15.8 Å². The van der Waals surface area contributed by atoms with Crippen LogP contribution in [0.25, 0.3) is 0 Å². The first kappa shape index (κ1) is 14.7. The van der Waals surface area contributed by atoms with E-state index in [1.54, 1.807) is 0 Å². The molecule has 0 fully saturated rings. The summed E-state index contributed by atoms with van der Waals surface area (Å²) in [7, 11) is 2.01. The molecule has 0 aliphatic heterocycles. The molecule has 1 aromatic heterocycles. The maximum Gasteiger partial charge on any atom is 0.0767 e. The van der Waals surface area contributed by atoms with Gasteiger partial charge in [0.1, 0.15) is 0 Å². The minimum absolute atomic E-state index is 0.543. The summed E-state index contributed by atoms with van der Waals surface area (Å²) in [5, 5.41) is 8.06.